The number of benzene rings is 2. The molecule has 3 aromatic rings. The molecule has 33 heavy (non-hydrogen) atoms. The normalized spacial score (nSPS) is 27.6. The number of aromatic nitrogens is 1. The Kier molecular flexibility index (Phi) is 5.29. The van der Waals surface area contributed by atoms with Crippen LogP contribution in [0.5, 0.6) is 0 Å². The van der Waals surface area contributed by atoms with Crippen molar-refractivity contribution in [3.05, 3.63) is 46.9 Å². The first-order chi connectivity index (χ1) is 15.9. The van der Waals surface area contributed by atoms with Crippen LogP contribution >= 0.6 is 28.1 Å². The second kappa shape index (κ2) is 8.20. The molecule has 0 aliphatic heterocycles. The van der Waals surface area contributed by atoms with E-state index < -0.39 is 0 Å². The molecule has 1 aromatic heterocycles. The molecule has 4 fully saturated rings. The largest absolute Gasteiger partial charge is 0.436 e. The second-order valence-electron chi connectivity index (χ2n) is 10.3. The van der Waals surface area contributed by atoms with Crippen molar-refractivity contribution in [2.75, 3.05) is 5.32 Å². The van der Waals surface area contributed by atoms with E-state index in [4.69, 9.17) is 16.6 Å². The topological polar surface area (TPSA) is 67.2 Å². The summed E-state index contributed by atoms with van der Waals surface area (Å²) in [5, 5.41) is 6.40. The Morgan fingerprint density at radius 2 is 1.73 bits per heavy atom. The number of nitrogens with one attached hydrogen (secondary N) is 2. The van der Waals surface area contributed by atoms with E-state index in [0.29, 0.717) is 23.0 Å². The van der Waals surface area contributed by atoms with Gasteiger partial charge in [0.05, 0.1) is 0 Å². The number of anilines is 1. The molecule has 0 atom stereocenters. The van der Waals surface area contributed by atoms with Crippen LogP contribution in [0, 0.1) is 23.2 Å². The lowest BCUT2D eigenvalue weighted by molar-refractivity contribution is -0.127. The number of carbonyl (C=O) groups is 1. The highest BCUT2D eigenvalue weighted by atomic mass is 79.9. The molecule has 2 N–H and O–H groups in total. The van der Waals surface area contributed by atoms with Gasteiger partial charge in [-0.3, -0.25) is 4.79 Å². The van der Waals surface area contributed by atoms with Crippen LogP contribution < -0.4 is 10.6 Å². The monoisotopic (exact) mass is 523 g/mol. The minimum atomic E-state index is 0.0366. The van der Waals surface area contributed by atoms with Crippen molar-refractivity contribution in [2.24, 2.45) is 23.2 Å². The van der Waals surface area contributed by atoms with Crippen molar-refractivity contribution in [1.82, 2.24) is 10.3 Å². The number of oxazole rings is 1. The van der Waals surface area contributed by atoms with Gasteiger partial charge in [-0.25, -0.2) is 4.98 Å². The van der Waals surface area contributed by atoms with E-state index in [9.17, 15) is 4.79 Å². The zero-order valence-corrected chi connectivity index (χ0v) is 20.7. The summed E-state index contributed by atoms with van der Waals surface area (Å²) in [6.45, 7) is 0. The van der Waals surface area contributed by atoms with Gasteiger partial charge in [0.15, 0.2) is 10.7 Å². The van der Waals surface area contributed by atoms with E-state index in [0.717, 1.165) is 39.0 Å². The van der Waals surface area contributed by atoms with Crippen molar-refractivity contribution < 1.29 is 9.21 Å². The number of carbonyl (C=O) groups excluding carboxylic acids is 1. The van der Waals surface area contributed by atoms with Gasteiger partial charge in [0.25, 0.3) is 0 Å². The number of rotatable bonds is 4. The van der Waals surface area contributed by atoms with Gasteiger partial charge in [-0.2, -0.15) is 0 Å². The Morgan fingerprint density at radius 1 is 1.06 bits per heavy atom. The van der Waals surface area contributed by atoms with Gasteiger partial charge < -0.3 is 15.1 Å². The fourth-order valence-electron chi connectivity index (χ4n) is 6.90. The smallest absolute Gasteiger partial charge is 0.227 e. The number of halogens is 1. The number of nitrogens with zero attached hydrogens (tertiary/aromatic N) is 1. The maximum atomic E-state index is 12.9. The van der Waals surface area contributed by atoms with Gasteiger partial charge in [0.1, 0.15) is 5.52 Å². The van der Waals surface area contributed by atoms with Crippen LogP contribution in [-0.2, 0) is 4.79 Å². The summed E-state index contributed by atoms with van der Waals surface area (Å²) in [5.41, 5.74) is 3.34. The Hall–Kier alpha value is -2.25. The van der Waals surface area contributed by atoms with Crippen LogP contribution in [0.1, 0.15) is 44.9 Å². The van der Waals surface area contributed by atoms with Crippen molar-refractivity contribution >= 4 is 56.0 Å². The molecule has 4 bridgehead atoms. The fraction of sp³-hybridized carbons (Fsp3) is 0.423. The molecule has 0 radical (unpaired) electrons. The van der Waals surface area contributed by atoms with Crippen molar-refractivity contribution in [3.8, 4) is 11.5 Å². The van der Waals surface area contributed by atoms with Gasteiger partial charge in [-0.05, 0) is 116 Å². The second-order valence-corrected chi connectivity index (χ2v) is 11.6. The lowest BCUT2D eigenvalue weighted by Gasteiger charge is -2.56. The first-order valence-corrected chi connectivity index (χ1v) is 12.9. The molecule has 4 aliphatic rings. The number of fused-ring (bicyclic) bond motifs is 1. The standard InChI is InChI=1S/C26H26BrN3O2S/c27-19-3-1-18(2-4-19)24-29-21-10-20(5-6-22(21)32-24)28-25(33)30-23(31)14-26-11-15-7-16(12-26)9-17(8-15)13-26/h1-6,10,15-17H,7-9,11-14H2,(H2,28,30,31,33). The highest BCUT2D eigenvalue weighted by Gasteiger charge is 2.51. The van der Waals surface area contributed by atoms with E-state index in [1.807, 2.05) is 42.5 Å². The Balaban J connectivity index is 1.10. The van der Waals surface area contributed by atoms with Gasteiger partial charge in [-0.1, -0.05) is 15.9 Å². The zero-order valence-electron chi connectivity index (χ0n) is 18.3. The minimum absolute atomic E-state index is 0.0366. The van der Waals surface area contributed by atoms with Gasteiger partial charge in [-0.15, -0.1) is 0 Å². The lowest BCUT2D eigenvalue weighted by Crippen LogP contribution is -2.48. The molecule has 7 rings (SSSR count). The van der Waals surface area contributed by atoms with Crippen LogP contribution in [0.2, 0.25) is 0 Å². The maximum absolute atomic E-state index is 12.9. The molecule has 7 heteroatoms. The lowest BCUT2D eigenvalue weighted by atomic mass is 9.49. The molecule has 0 saturated heterocycles. The maximum Gasteiger partial charge on any atom is 0.227 e. The Morgan fingerprint density at radius 3 is 2.39 bits per heavy atom. The van der Waals surface area contributed by atoms with E-state index in [2.05, 4.69) is 31.5 Å². The van der Waals surface area contributed by atoms with Gasteiger partial charge in [0.2, 0.25) is 11.8 Å². The number of thiocarbonyl (C=S) groups is 1. The van der Waals surface area contributed by atoms with E-state index in [-0.39, 0.29) is 11.3 Å². The highest BCUT2D eigenvalue weighted by molar-refractivity contribution is 9.10. The van der Waals surface area contributed by atoms with E-state index >= 15 is 0 Å². The Labute approximate surface area is 206 Å². The molecule has 1 amide bonds. The van der Waals surface area contributed by atoms with Gasteiger partial charge in [0, 0.05) is 22.1 Å². The fourth-order valence-corrected chi connectivity index (χ4v) is 7.40. The molecular formula is C26H26BrN3O2S. The van der Waals surface area contributed by atoms with Crippen LogP contribution in [0.15, 0.2) is 51.4 Å². The SMILES string of the molecule is O=C(CC12CC3CC(CC(C3)C1)C2)NC(=S)Nc1ccc2oc(-c3ccc(Br)cc3)nc2c1. The van der Waals surface area contributed by atoms with Crippen molar-refractivity contribution in [3.63, 3.8) is 0 Å². The third-order valence-corrected chi connectivity index (χ3v) is 8.42. The van der Waals surface area contributed by atoms with Crippen LogP contribution in [0.4, 0.5) is 5.69 Å². The predicted molar refractivity (Wildman–Crippen MR) is 137 cm³/mol. The third-order valence-electron chi connectivity index (χ3n) is 7.69. The summed E-state index contributed by atoms with van der Waals surface area (Å²) in [4.78, 5) is 17.5. The summed E-state index contributed by atoms with van der Waals surface area (Å²) < 4.78 is 6.90. The molecule has 0 spiro atoms. The Bertz CT molecular complexity index is 1200. The molecule has 2 aromatic carbocycles. The van der Waals surface area contributed by atoms with Crippen LogP contribution in [0.3, 0.4) is 0 Å². The van der Waals surface area contributed by atoms with Crippen molar-refractivity contribution in [2.45, 2.75) is 44.9 Å². The van der Waals surface area contributed by atoms with Crippen molar-refractivity contribution in [1.29, 1.82) is 0 Å². The highest BCUT2D eigenvalue weighted by Crippen LogP contribution is 2.61. The summed E-state index contributed by atoms with van der Waals surface area (Å²) in [6.07, 6.45) is 8.40. The average molecular weight is 524 g/mol. The average Bonchev–Trinajstić information content (AvgIpc) is 3.16. The van der Waals surface area contributed by atoms with E-state index in [1.54, 1.807) is 0 Å². The molecule has 0 unspecified atom stereocenters. The number of hydrogen-bond acceptors (Lipinski definition) is 4. The molecule has 5 nitrogen and oxygen atoms in total. The molecule has 4 aliphatic carbocycles. The number of amides is 1. The summed E-state index contributed by atoms with van der Waals surface area (Å²) in [6, 6.07) is 13.5. The predicted octanol–water partition coefficient (Wildman–Crippen LogP) is 6.68. The molecular weight excluding hydrogens is 498 g/mol. The van der Waals surface area contributed by atoms with Crippen LogP contribution in [0.25, 0.3) is 22.6 Å². The quantitative estimate of drug-likeness (QED) is 0.373. The summed E-state index contributed by atoms with van der Waals surface area (Å²) >= 11 is 8.89. The summed E-state index contributed by atoms with van der Waals surface area (Å²) in [7, 11) is 0. The first kappa shape index (κ1) is 21.3. The third kappa shape index (κ3) is 4.33. The zero-order chi connectivity index (χ0) is 22.6. The van der Waals surface area contributed by atoms with E-state index in [1.165, 1.54) is 38.5 Å². The minimum Gasteiger partial charge on any atom is -0.436 e. The molecule has 170 valence electrons. The summed E-state index contributed by atoms with van der Waals surface area (Å²) in [5.74, 6) is 3.12. The first-order valence-electron chi connectivity index (χ1n) is 11.7. The van der Waals surface area contributed by atoms with Crippen LogP contribution in [-0.4, -0.2) is 16.0 Å². The van der Waals surface area contributed by atoms with Gasteiger partial charge >= 0.3 is 0 Å². The molecule has 4 saturated carbocycles. The number of hydrogen-bond donors (Lipinski definition) is 2. The molecule has 1 heterocycles.